The molecule has 3 aliphatic heterocycles. The van der Waals surface area contributed by atoms with E-state index in [2.05, 4.69) is 31.2 Å². The van der Waals surface area contributed by atoms with E-state index in [0.717, 1.165) is 11.7 Å². The van der Waals surface area contributed by atoms with Crippen LogP contribution < -0.4 is 0 Å². The maximum atomic E-state index is 9.55. The summed E-state index contributed by atoms with van der Waals surface area (Å²) in [5, 5.41) is 19.0. The third-order valence-corrected chi connectivity index (χ3v) is 7.91. The van der Waals surface area contributed by atoms with Crippen LogP contribution in [-0.4, -0.2) is 61.2 Å². The number of hydrogen-bond donors (Lipinski definition) is 2. The first-order chi connectivity index (χ1) is 14.5. The van der Waals surface area contributed by atoms with Crippen LogP contribution in [0.5, 0.6) is 0 Å². The van der Waals surface area contributed by atoms with Gasteiger partial charge in [-0.05, 0) is 61.9 Å². The van der Waals surface area contributed by atoms with Gasteiger partial charge in [-0.3, -0.25) is 0 Å². The zero-order chi connectivity index (χ0) is 21.3. The molecular formula is C20H25N3O4S3. The van der Waals surface area contributed by atoms with Gasteiger partial charge in [0.1, 0.15) is 5.03 Å². The van der Waals surface area contributed by atoms with Crippen molar-refractivity contribution in [3.63, 3.8) is 0 Å². The number of aryl methyl sites for hydroxylation is 1. The largest absolute Gasteiger partial charge is 0.478 e. The van der Waals surface area contributed by atoms with E-state index in [1.165, 1.54) is 72.6 Å². The minimum atomic E-state index is -1.26. The predicted molar refractivity (Wildman–Crippen MR) is 120 cm³/mol. The molecule has 0 aliphatic carbocycles. The number of piperidine rings is 3. The van der Waals surface area contributed by atoms with E-state index < -0.39 is 11.9 Å². The van der Waals surface area contributed by atoms with E-state index in [9.17, 15) is 9.59 Å². The average Bonchev–Trinajstić information content (AvgIpc) is 3.43. The number of carbonyl (C=O) groups is 2. The van der Waals surface area contributed by atoms with Crippen LogP contribution in [-0.2, 0) is 16.0 Å². The fraction of sp³-hybridized carbons (Fsp3) is 0.500. The zero-order valence-corrected chi connectivity index (χ0v) is 18.9. The molecule has 3 fully saturated rings. The van der Waals surface area contributed by atoms with Gasteiger partial charge in [0.2, 0.25) is 0 Å². The van der Waals surface area contributed by atoms with Crippen molar-refractivity contribution in [2.75, 3.05) is 25.4 Å². The van der Waals surface area contributed by atoms with Crippen molar-refractivity contribution < 1.29 is 19.8 Å². The lowest BCUT2D eigenvalue weighted by atomic mass is 9.78. The third-order valence-electron chi connectivity index (χ3n) is 5.24. The van der Waals surface area contributed by atoms with E-state index in [-0.39, 0.29) is 0 Å². The summed E-state index contributed by atoms with van der Waals surface area (Å²) in [5.41, 5.74) is 1.31. The SMILES string of the molecule is O=C(O)/C=C/C(=O)O.c1csc(CCCSc2nsnc2C2CN3CCC2CC3)c1. The Labute approximate surface area is 188 Å². The van der Waals surface area contributed by atoms with Gasteiger partial charge in [0.05, 0.1) is 17.4 Å². The fourth-order valence-electron chi connectivity index (χ4n) is 3.80. The molecule has 30 heavy (non-hydrogen) atoms. The first-order valence-electron chi connectivity index (χ1n) is 9.87. The molecule has 1 unspecified atom stereocenters. The highest BCUT2D eigenvalue weighted by molar-refractivity contribution is 7.99. The van der Waals surface area contributed by atoms with Crippen LogP contribution in [0.3, 0.4) is 0 Å². The van der Waals surface area contributed by atoms with Crippen molar-refractivity contribution in [1.82, 2.24) is 13.6 Å². The van der Waals surface area contributed by atoms with Crippen molar-refractivity contribution in [3.8, 4) is 0 Å². The van der Waals surface area contributed by atoms with Crippen molar-refractivity contribution in [3.05, 3.63) is 40.2 Å². The van der Waals surface area contributed by atoms with Gasteiger partial charge >= 0.3 is 11.9 Å². The monoisotopic (exact) mass is 467 g/mol. The number of carboxylic acid groups (broad SMARTS) is 2. The Morgan fingerprint density at radius 1 is 1.20 bits per heavy atom. The van der Waals surface area contributed by atoms with E-state index in [1.54, 1.807) is 0 Å². The van der Waals surface area contributed by atoms with Crippen LogP contribution in [0.1, 0.15) is 35.8 Å². The fourth-order valence-corrected chi connectivity index (χ4v) is 6.27. The lowest BCUT2D eigenvalue weighted by Gasteiger charge is -2.44. The molecule has 0 saturated carbocycles. The highest BCUT2D eigenvalue weighted by Gasteiger charge is 2.37. The van der Waals surface area contributed by atoms with E-state index >= 15 is 0 Å². The van der Waals surface area contributed by atoms with Crippen molar-refractivity contribution >= 4 is 46.8 Å². The maximum Gasteiger partial charge on any atom is 0.328 e. The molecule has 3 saturated heterocycles. The lowest BCUT2D eigenvalue weighted by Crippen LogP contribution is -2.46. The number of thioether (sulfide) groups is 1. The summed E-state index contributed by atoms with van der Waals surface area (Å²) in [6.07, 6.45) is 6.24. The molecule has 0 aromatic carbocycles. The third kappa shape index (κ3) is 6.90. The van der Waals surface area contributed by atoms with Crippen LogP contribution in [0.4, 0.5) is 0 Å². The smallest absolute Gasteiger partial charge is 0.328 e. The molecule has 2 aromatic rings. The van der Waals surface area contributed by atoms with Crippen LogP contribution in [0.15, 0.2) is 34.7 Å². The molecule has 7 nitrogen and oxygen atoms in total. The van der Waals surface area contributed by atoms with Gasteiger partial charge in [0.15, 0.2) is 0 Å². The Bertz CT molecular complexity index is 829. The standard InChI is InChI=1S/C16H21N3S3.C4H4O4/c1-3-13(20-9-1)4-2-10-21-16-15(17-22-18-16)14-11-19-7-5-12(14)6-8-19;5-3(6)1-2-4(7)8/h1,3,9,12,14H,2,4-8,10-11H2;1-2H,(H,5,6)(H,7,8)/b;2-1+. The summed E-state index contributed by atoms with van der Waals surface area (Å²) in [6, 6.07) is 4.38. The van der Waals surface area contributed by atoms with Crippen LogP contribution in [0.25, 0.3) is 0 Å². The van der Waals surface area contributed by atoms with E-state index in [0.29, 0.717) is 18.1 Å². The number of aromatic nitrogens is 2. The normalized spacial score (nSPS) is 22.6. The summed E-state index contributed by atoms with van der Waals surface area (Å²) in [5.74, 6) is 0.123. The molecule has 0 spiro atoms. The van der Waals surface area contributed by atoms with Crippen molar-refractivity contribution in [2.24, 2.45) is 5.92 Å². The van der Waals surface area contributed by atoms with Crippen LogP contribution >= 0.6 is 34.8 Å². The number of hydrogen-bond acceptors (Lipinski definition) is 8. The van der Waals surface area contributed by atoms with Gasteiger partial charge in [-0.25, -0.2) is 9.59 Å². The Morgan fingerprint density at radius 3 is 2.50 bits per heavy atom. The van der Waals surface area contributed by atoms with Gasteiger partial charge in [-0.2, -0.15) is 8.75 Å². The Balaban J connectivity index is 0.000000275. The van der Waals surface area contributed by atoms with E-state index in [1.807, 2.05) is 23.1 Å². The summed E-state index contributed by atoms with van der Waals surface area (Å²) < 4.78 is 9.26. The van der Waals surface area contributed by atoms with Crippen LogP contribution in [0.2, 0.25) is 0 Å². The molecule has 2 N–H and O–H groups in total. The average molecular weight is 468 g/mol. The molecule has 0 amide bonds. The number of thiophene rings is 1. The highest BCUT2D eigenvalue weighted by Crippen LogP contribution is 2.41. The number of rotatable bonds is 8. The molecule has 2 aromatic heterocycles. The number of fused-ring (bicyclic) bond motifs is 3. The quantitative estimate of drug-likeness (QED) is 0.343. The first kappa shape index (κ1) is 22.9. The minimum Gasteiger partial charge on any atom is -0.478 e. The molecule has 0 radical (unpaired) electrons. The summed E-state index contributed by atoms with van der Waals surface area (Å²) >= 11 is 5.19. The molecule has 5 heterocycles. The molecule has 10 heteroatoms. The number of carboxylic acids is 2. The molecule has 1 atom stereocenters. The summed E-state index contributed by atoms with van der Waals surface area (Å²) in [7, 11) is 0. The highest BCUT2D eigenvalue weighted by atomic mass is 32.2. The molecule has 3 aliphatic rings. The first-order valence-corrected chi connectivity index (χ1v) is 12.5. The molecule has 5 rings (SSSR count). The zero-order valence-electron chi connectivity index (χ0n) is 16.5. The topological polar surface area (TPSA) is 104 Å². The molecule has 162 valence electrons. The van der Waals surface area contributed by atoms with Crippen molar-refractivity contribution in [2.45, 2.75) is 36.6 Å². The van der Waals surface area contributed by atoms with Gasteiger partial charge in [0, 0.05) is 29.5 Å². The van der Waals surface area contributed by atoms with Gasteiger partial charge in [0.25, 0.3) is 0 Å². The van der Waals surface area contributed by atoms with E-state index in [4.69, 9.17) is 10.2 Å². The van der Waals surface area contributed by atoms with Crippen LogP contribution in [0, 0.1) is 5.92 Å². The predicted octanol–water partition coefficient (Wildman–Crippen LogP) is 3.85. The number of nitrogens with zero attached hydrogens (tertiary/aromatic N) is 3. The van der Waals surface area contributed by atoms with Gasteiger partial charge in [-0.15, -0.1) is 23.1 Å². The Kier molecular flexibility index (Phi) is 8.86. The minimum absolute atomic E-state index is 0.558. The molecule has 2 bridgehead atoms. The number of aliphatic carboxylic acids is 2. The second-order valence-corrected chi connectivity index (χ2v) is 9.88. The Hall–Kier alpha value is -1.75. The maximum absolute atomic E-state index is 9.55. The second kappa shape index (κ2) is 11.6. The summed E-state index contributed by atoms with van der Waals surface area (Å²) in [6.45, 7) is 3.79. The van der Waals surface area contributed by atoms with Crippen molar-refractivity contribution in [1.29, 1.82) is 0 Å². The Morgan fingerprint density at radius 2 is 1.93 bits per heavy atom. The summed E-state index contributed by atoms with van der Waals surface area (Å²) in [4.78, 5) is 23.2. The molecular weight excluding hydrogens is 442 g/mol. The van der Waals surface area contributed by atoms with Gasteiger partial charge in [-0.1, -0.05) is 6.07 Å². The van der Waals surface area contributed by atoms with Gasteiger partial charge < -0.3 is 15.1 Å². The lowest BCUT2D eigenvalue weighted by molar-refractivity contribution is -0.134. The second-order valence-electron chi connectivity index (χ2n) is 7.24.